The Morgan fingerprint density at radius 2 is 1.87 bits per heavy atom. The van der Waals surface area contributed by atoms with Gasteiger partial charge in [-0.15, -0.1) is 0 Å². The number of carbonyl (C=O) groups excluding carboxylic acids is 1. The number of urea groups is 1. The molecule has 0 saturated carbocycles. The minimum Gasteiger partial charge on any atom is -0.338 e. The Labute approximate surface area is 93.4 Å². The molecule has 0 unspecified atom stereocenters. The lowest BCUT2D eigenvalue weighted by Gasteiger charge is -2.15. The van der Waals surface area contributed by atoms with Crippen LogP contribution in [0.4, 0.5) is 4.79 Å². The lowest BCUT2D eigenvalue weighted by molar-refractivity contribution is 0.235. The highest BCUT2D eigenvalue weighted by molar-refractivity contribution is 5.74. The van der Waals surface area contributed by atoms with Crippen molar-refractivity contribution in [3.05, 3.63) is 0 Å². The molecular weight excluding hydrogens is 190 g/mol. The molecule has 0 fully saturated rings. The third kappa shape index (κ3) is 8.24. The van der Waals surface area contributed by atoms with Crippen molar-refractivity contribution in [1.82, 2.24) is 15.5 Å². The van der Waals surface area contributed by atoms with Crippen LogP contribution in [0.15, 0.2) is 0 Å². The van der Waals surface area contributed by atoms with E-state index >= 15 is 0 Å². The van der Waals surface area contributed by atoms with Gasteiger partial charge in [0.2, 0.25) is 0 Å². The molecule has 0 heterocycles. The Balaban J connectivity index is 3.48. The van der Waals surface area contributed by atoms with Crippen molar-refractivity contribution < 1.29 is 4.79 Å². The molecule has 0 rings (SSSR count). The maximum absolute atomic E-state index is 11.4. The first-order valence-corrected chi connectivity index (χ1v) is 5.79. The summed E-state index contributed by atoms with van der Waals surface area (Å²) in [7, 11) is 4.06. The zero-order valence-corrected chi connectivity index (χ0v) is 10.5. The van der Waals surface area contributed by atoms with Gasteiger partial charge >= 0.3 is 6.03 Å². The van der Waals surface area contributed by atoms with Crippen molar-refractivity contribution >= 4 is 6.03 Å². The molecule has 2 amide bonds. The fourth-order valence-corrected chi connectivity index (χ4v) is 1.33. The van der Waals surface area contributed by atoms with Crippen molar-refractivity contribution in [2.24, 2.45) is 0 Å². The molecule has 0 aliphatic heterocycles. The van der Waals surface area contributed by atoms with Gasteiger partial charge in [0.1, 0.15) is 0 Å². The fraction of sp³-hybridized carbons (Fsp3) is 0.909. The second-order valence-corrected chi connectivity index (χ2v) is 4.07. The molecule has 90 valence electrons. The van der Waals surface area contributed by atoms with Crippen molar-refractivity contribution in [3.8, 4) is 0 Å². The average molecular weight is 215 g/mol. The Kier molecular flexibility index (Phi) is 8.09. The van der Waals surface area contributed by atoms with Gasteiger partial charge in [-0.3, -0.25) is 0 Å². The molecule has 0 aromatic heterocycles. The molecule has 0 aromatic rings. The monoisotopic (exact) mass is 215 g/mol. The molecule has 0 aliphatic rings. The molecule has 0 aliphatic carbocycles. The van der Waals surface area contributed by atoms with Gasteiger partial charge in [0.25, 0.3) is 0 Å². The number of nitrogens with zero attached hydrogens (tertiary/aromatic N) is 1. The molecular formula is C11H25N3O. The van der Waals surface area contributed by atoms with Gasteiger partial charge < -0.3 is 15.5 Å². The summed E-state index contributed by atoms with van der Waals surface area (Å²) in [6, 6.07) is 0.265. The van der Waals surface area contributed by atoms with E-state index in [1.165, 1.54) is 0 Å². The van der Waals surface area contributed by atoms with Gasteiger partial charge in [-0.1, -0.05) is 13.8 Å². The Bertz CT molecular complexity index is 167. The molecule has 0 aromatic carbocycles. The van der Waals surface area contributed by atoms with Crippen LogP contribution in [0.5, 0.6) is 0 Å². The van der Waals surface area contributed by atoms with Crippen LogP contribution >= 0.6 is 0 Å². The van der Waals surface area contributed by atoms with Gasteiger partial charge in [0.05, 0.1) is 0 Å². The van der Waals surface area contributed by atoms with Gasteiger partial charge in [0, 0.05) is 12.6 Å². The smallest absolute Gasteiger partial charge is 0.315 e. The Hall–Kier alpha value is -0.770. The number of rotatable bonds is 7. The van der Waals surface area contributed by atoms with Gasteiger partial charge in [-0.25, -0.2) is 4.79 Å². The highest BCUT2D eigenvalue weighted by Crippen LogP contribution is 1.95. The molecule has 2 N–H and O–H groups in total. The summed E-state index contributed by atoms with van der Waals surface area (Å²) in [6.07, 6.45) is 2.96. The van der Waals surface area contributed by atoms with E-state index in [9.17, 15) is 4.79 Å². The van der Waals surface area contributed by atoms with E-state index in [4.69, 9.17) is 0 Å². The standard InChI is InChI=1S/C11H25N3O/c1-5-10(6-2)13-11(15)12-8-7-9-14(3)4/h10H,5-9H2,1-4H3,(H2,12,13,15). The number of amides is 2. The maximum Gasteiger partial charge on any atom is 0.315 e. The van der Waals surface area contributed by atoms with E-state index in [0.717, 1.165) is 32.4 Å². The van der Waals surface area contributed by atoms with E-state index in [0.29, 0.717) is 6.04 Å². The summed E-state index contributed by atoms with van der Waals surface area (Å²) in [4.78, 5) is 13.5. The van der Waals surface area contributed by atoms with Gasteiger partial charge in [-0.2, -0.15) is 0 Å². The topological polar surface area (TPSA) is 44.4 Å². The second kappa shape index (κ2) is 8.53. The van der Waals surface area contributed by atoms with Crippen LogP contribution in [0.1, 0.15) is 33.1 Å². The van der Waals surface area contributed by atoms with Gasteiger partial charge in [0.15, 0.2) is 0 Å². The summed E-state index contributed by atoms with van der Waals surface area (Å²) < 4.78 is 0. The largest absolute Gasteiger partial charge is 0.338 e. The summed E-state index contributed by atoms with van der Waals surface area (Å²) in [5, 5.41) is 5.80. The van der Waals surface area contributed by atoms with Crippen molar-refractivity contribution in [2.45, 2.75) is 39.2 Å². The molecule has 0 saturated heterocycles. The molecule has 15 heavy (non-hydrogen) atoms. The Morgan fingerprint density at radius 3 is 2.33 bits per heavy atom. The molecule has 0 spiro atoms. The van der Waals surface area contributed by atoms with E-state index in [1.54, 1.807) is 0 Å². The zero-order chi connectivity index (χ0) is 11.7. The summed E-state index contributed by atoms with van der Waals surface area (Å²) in [5.41, 5.74) is 0. The molecule has 0 bridgehead atoms. The van der Waals surface area contributed by atoms with E-state index in [2.05, 4.69) is 29.4 Å². The van der Waals surface area contributed by atoms with Crippen LogP contribution in [0.2, 0.25) is 0 Å². The lowest BCUT2D eigenvalue weighted by Crippen LogP contribution is -2.42. The van der Waals surface area contributed by atoms with Crippen LogP contribution in [0, 0.1) is 0 Å². The van der Waals surface area contributed by atoms with E-state index in [1.807, 2.05) is 14.1 Å². The highest BCUT2D eigenvalue weighted by Gasteiger charge is 2.06. The average Bonchev–Trinajstić information content (AvgIpc) is 2.20. The summed E-state index contributed by atoms with van der Waals surface area (Å²) in [5.74, 6) is 0. The predicted octanol–water partition coefficient (Wildman–Crippen LogP) is 1.43. The first-order valence-electron chi connectivity index (χ1n) is 5.79. The molecule has 4 heteroatoms. The quantitative estimate of drug-likeness (QED) is 0.631. The zero-order valence-electron chi connectivity index (χ0n) is 10.5. The first kappa shape index (κ1) is 14.2. The van der Waals surface area contributed by atoms with E-state index in [-0.39, 0.29) is 6.03 Å². The summed E-state index contributed by atoms with van der Waals surface area (Å²) in [6.45, 7) is 5.91. The molecule has 0 radical (unpaired) electrons. The fourth-order valence-electron chi connectivity index (χ4n) is 1.33. The molecule has 4 nitrogen and oxygen atoms in total. The maximum atomic E-state index is 11.4. The first-order chi connectivity index (χ1) is 7.10. The van der Waals surface area contributed by atoms with E-state index < -0.39 is 0 Å². The number of nitrogens with one attached hydrogen (secondary N) is 2. The minimum atomic E-state index is -0.0394. The third-order valence-corrected chi connectivity index (χ3v) is 2.39. The van der Waals surface area contributed by atoms with Crippen molar-refractivity contribution in [1.29, 1.82) is 0 Å². The van der Waals surface area contributed by atoms with Gasteiger partial charge in [-0.05, 0) is 39.9 Å². The third-order valence-electron chi connectivity index (χ3n) is 2.39. The number of carbonyl (C=O) groups is 1. The van der Waals surface area contributed by atoms with Crippen LogP contribution in [-0.4, -0.2) is 44.2 Å². The van der Waals surface area contributed by atoms with Crippen LogP contribution in [0.25, 0.3) is 0 Å². The normalized spacial score (nSPS) is 10.8. The number of hydrogen-bond acceptors (Lipinski definition) is 2. The number of hydrogen-bond donors (Lipinski definition) is 2. The van der Waals surface area contributed by atoms with Crippen molar-refractivity contribution in [2.75, 3.05) is 27.2 Å². The predicted molar refractivity (Wildman–Crippen MR) is 64.1 cm³/mol. The SMILES string of the molecule is CCC(CC)NC(=O)NCCCN(C)C. The van der Waals surface area contributed by atoms with Crippen molar-refractivity contribution in [3.63, 3.8) is 0 Å². The lowest BCUT2D eigenvalue weighted by atomic mass is 10.2. The highest BCUT2D eigenvalue weighted by atomic mass is 16.2. The minimum absolute atomic E-state index is 0.0394. The Morgan fingerprint density at radius 1 is 1.27 bits per heavy atom. The van der Waals surface area contributed by atoms with Crippen LogP contribution < -0.4 is 10.6 Å². The second-order valence-electron chi connectivity index (χ2n) is 4.07. The van der Waals surface area contributed by atoms with Crippen LogP contribution in [0.3, 0.4) is 0 Å². The summed E-state index contributed by atoms with van der Waals surface area (Å²) >= 11 is 0. The van der Waals surface area contributed by atoms with Crippen LogP contribution in [-0.2, 0) is 0 Å². The molecule has 0 atom stereocenters.